The van der Waals surface area contributed by atoms with E-state index in [0.717, 1.165) is 29.8 Å². The van der Waals surface area contributed by atoms with E-state index in [2.05, 4.69) is 21.8 Å². The standard InChI is InChI=1S/C17H24N4O2/c1-12-11-20(8-9-21(12)16(22)23-17(2,3)4)14-10-19-13-6-5-7-18-15(13)14/h5-7,10,12,19H,8-9,11H2,1-4H3. The Labute approximate surface area is 136 Å². The summed E-state index contributed by atoms with van der Waals surface area (Å²) < 4.78 is 5.49. The van der Waals surface area contributed by atoms with Crippen LogP contribution in [-0.4, -0.2) is 52.2 Å². The molecule has 1 N–H and O–H groups in total. The highest BCUT2D eigenvalue weighted by molar-refractivity contribution is 5.89. The fourth-order valence-electron chi connectivity index (χ4n) is 2.95. The molecule has 6 heteroatoms. The minimum Gasteiger partial charge on any atom is -0.444 e. The average molecular weight is 316 g/mol. The van der Waals surface area contributed by atoms with Gasteiger partial charge in [-0.1, -0.05) is 0 Å². The summed E-state index contributed by atoms with van der Waals surface area (Å²) in [6, 6.07) is 4.03. The number of H-pyrrole nitrogens is 1. The first kappa shape index (κ1) is 15.6. The van der Waals surface area contributed by atoms with E-state index in [-0.39, 0.29) is 12.1 Å². The number of rotatable bonds is 1. The van der Waals surface area contributed by atoms with E-state index in [4.69, 9.17) is 4.74 Å². The maximum Gasteiger partial charge on any atom is 0.410 e. The van der Waals surface area contributed by atoms with Crippen molar-refractivity contribution < 1.29 is 9.53 Å². The van der Waals surface area contributed by atoms with E-state index in [0.29, 0.717) is 6.54 Å². The van der Waals surface area contributed by atoms with Crippen LogP contribution >= 0.6 is 0 Å². The summed E-state index contributed by atoms with van der Waals surface area (Å²) in [6.07, 6.45) is 3.56. The average Bonchev–Trinajstić information content (AvgIpc) is 2.89. The number of aromatic amines is 1. The second kappa shape index (κ2) is 5.76. The number of carbonyl (C=O) groups is 1. The van der Waals surface area contributed by atoms with Crippen LogP contribution in [0.5, 0.6) is 0 Å². The Morgan fingerprint density at radius 3 is 2.87 bits per heavy atom. The molecule has 1 amide bonds. The van der Waals surface area contributed by atoms with E-state index in [1.165, 1.54) is 0 Å². The molecule has 0 spiro atoms. The highest BCUT2D eigenvalue weighted by Crippen LogP contribution is 2.27. The highest BCUT2D eigenvalue weighted by Gasteiger charge is 2.31. The molecular weight excluding hydrogens is 292 g/mol. The fraction of sp³-hybridized carbons (Fsp3) is 0.529. The third-order valence-electron chi connectivity index (χ3n) is 4.01. The molecule has 0 aromatic carbocycles. The number of pyridine rings is 1. The number of nitrogens with one attached hydrogen (secondary N) is 1. The van der Waals surface area contributed by atoms with E-state index in [1.807, 2.05) is 44.0 Å². The minimum atomic E-state index is -0.464. The normalized spacial score (nSPS) is 19.2. The molecule has 0 saturated carbocycles. The summed E-state index contributed by atoms with van der Waals surface area (Å²) >= 11 is 0. The number of carbonyl (C=O) groups excluding carboxylic acids is 1. The monoisotopic (exact) mass is 316 g/mol. The predicted molar refractivity (Wildman–Crippen MR) is 90.7 cm³/mol. The Morgan fingerprint density at radius 1 is 1.39 bits per heavy atom. The molecule has 1 fully saturated rings. The highest BCUT2D eigenvalue weighted by atomic mass is 16.6. The van der Waals surface area contributed by atoms with Crippen LogP contribution in [0.4, 0.5) is 10.5 Å². The van der Waals surface area contributed by atoms with E-state index in [1.54, 1.807) is 6.20 Å². The van der Waals surface area contributed by atoms with Crippen molar-refractivity contribution in [3.05, 3.63) is 24.5 Å². The first-order chi connectivity index (χ1) is 10.8. The SMILES string of the molecule is CC1CN(c2c[nH]c3cccnc23)CCN1C(=O)OC(C)(C)C. The summed E-state index contributed by atoms with van der Waals surface area (Å²) in [5.74, 6) is 0. The lowest BCUT2D eigenvalue weighted by Gasteiger charge is -2.40. The van der Waals surface area contributed by atoms with Crippen molar-refractivity contribution in [2.75, 3.05) is 24.5 Å². The first-order valence-corrected chi connectivity index (χ1v) is 8.02. The molecule has 1 saturated heterocycles. The van der Waals surface area contributed by atoms with Gasteiger partial charge in [0.1, 0.15) is 11.1 Å². The topological polar surface area (TPSA) is 61.5 Å². The van der Waals surface area contributed by atoms with E-state index in [9.17, 15) is 4.79 Å². The zero-order chi connectivity index (χ0) is 16.6. The number of fused-ring (bicyclic) bond motifs is 1. The fourth-order valence-corrected chi connectivity index (χ4v) is 2.95. The Kier molecular flexibility index (Phi) is 3.92. The van der Waals surface area contributed by atoms with Gasteiger partial charge in [-0.2, -0.15) is 0 Å². The second-order valence-corrected chi connectivity index (χ2v) is 7.04. The third kappa shape index (κ3) is 3.25. The van der Waals surface area contributed by atoms with Crippen molar-refractivity contribution in [2.24, 2.45) is 0 Å². The molecule has 1 atom stereocenters. The number of nitrogens with zero attached hydrogens (tertiary/aromatic N) is 3. The smallest absolute Gasteiger partial charge is 0.410 e. The van der Waals surface area contributed by atoms with E-state index >= 15 is 0 Å². The largest absolute Gasteiger partial charge is 0.444 e. The number of ether oxygens (including phenoxy) is 1. The quantitative estimate of drug-likeness (QED) is 0.878. The Balaban J connectivity index is 1.72. The van der Waals surface area contributed by atoms with Gasteiger partial charge in [0.15, 0.2) is 0 Å². The maximum atomic E-state index is 12.3. The van der Waals surface area contributed by atoms with Gasteiger partial charge in [0.2, 0.25) is 0 Å². The Bertz CT molecular complexity index is 704. The molecule has 23 heavy (non-hydrogen) atoms. The first-order valence-electron chi connectivity index (χ1n) is 8.02. The van der Waals surface area contributed by atoms with E-state index < -0.39 is 5.60 Å². The van der Waals surface area contributed by atoms with Crippen molar-refractivity contribution in [3.63, 3.8) is 0 Å². The lowest BCUT2D eigenvalue weighted by molar-refractivity contribution is 0.0159. The van der Waals surface area contributed by atoms with Gasteiger partial charge in [-0.3, -0.25) is 4.98 Å². The lowest BCUT2D eigenvalue weighted by atomic mass is 10.1. The zero-order valence-electron chi connectivity index (χ0n) is 14.2. The van der Waals surface area contributed by atoms with Crippen LogP contribution in [0.25, 0.3) is 11.0 Å². The number of piperazine rings is 1. The van der Waals surface area contributed by atoms with Crippen LogP contribution in [0.2, 0.25) is 0 Å². The molecule has 3 rings (SSSR count). The molecule has 2 aromatic heterocycles. The van der Waals surface area contributed by atoms with Gasteiger partial charge in [-0.05, 0) is 39.8 Å². The summed E-state index contributed by atoms with van der Waals surface area (Å²) in [7, 11) is 0. The molecule has 0 bridgehead atoms. The molecule has 1 aliphatic heterocycles. The van der Waals surface area contributed by atoms with Crippen molar-refractivity contribution in [1.82, 2.24) is 14.9 Å². The van der Waals surface area contributed by atoms with Crippen LogP contribution < -0.4 is 4.90 Å². The van der Waals surface area contributed by atoms with Crippen molar-refractivity contribution in [2.45, 2.75) is 39.3 Å². The molecule has 124 valence electrons. The molecule has 1 unspecified atom stereocenters. The van der Waals surface area contributed by atoms with Gasteiger partial charge in [0.25, 0.3) is 0 Å². The molecule has 0 aliphatic carbocycles. The van der Waals surface area contributed by atoms with Crippen LogP contribution in [0.1, 0.15) is 27.7 Å². The molecule has 6 nitrogen and oxygen atoms in total. The maximum absolute atomic E-state index is 12.3. The minimum absolute atomic E-state index is 0.0901. The lowest BCUT2D eigenvalue weighted by Crippen LogP contribution is -2.55. The molecular formula is C17H24N4O2. The van der Waals surface area contributed by atoms with Crippen LogP contribution in [0.15, 0.2) is 24.5 Å². The number of hydrogen-bond donors (Lipinski definition) is 1. The number of aromatic nitrogens is 2. The second-order valence-electron chi connectivity index (χ2n) is 7.04. The van der Waals surface area contributed by atoms with Crippen LogP contribution in [0, 0.1) is 0 Å². The van der Waals surface area contributed by atoms with Gasteiger partial charge >= 0.3 is 6.09 Å². The predicted octanol–water partition coefficient (Wildman–Crippen LogP) is 3.01. The van der Waals surface area contributed by atoms with Gasteiger partial charge in [0, 0.05) is 38.1 Å². The summed E-state index contributed by atoms with van der Waals surface area (Å²) in [6.45, 7) is 9.92. The van der Waals surface area contributed by atoms with Crippen molar-refractivity contribution in [3.8, 4) is 0 Å². The molecule has 2 aromatic rings. The molecule has 1 aliphatic rings. The summed E-state index contributed by atoms with van der Waals surface area (Å²) in [5, 5.41) is 0. The Morgan fingerprint density at radius 2 is 2.17 bits per heavy atom. The number of anilines is 1. The number of amides is 1. The van der Waals surface area contributed by atoms with Crippen LogP contribution in [0.3, 0.4) is 0 Å². The molecule has 3 heterocycles. The molecule has 0 radical (unpaired) electrons. The van der Waals surface area contributed by atoms with Crippen LogP contribution in [-0.2, 0) is 4.74 Å². The summed E-state index contributed by atoms with van der Waals surface area (Å²) in [4.78, 5) is 24.1. The zero-order valence-corrected chi connectivity index (χ0v) is 14.2. The Hall–Kier alpha value is -2.24. The number of hydrogen-bond acceptors (Lipinski definition) is 4. The van der Waals surface area contributed by atoms with Gasteiger partial charge in [0.05, 0.1) is 11.2 Å². The van der Waals surface area contributed by atoms with Gasteiger partial charge in [-0.25, -0.2) is 4.79 Å². The van der Waals surface area contributed by atoms with Crippen molar-refractivity contribution in [1.29, 1.82) is 0 Å². The van der Waals surface area contributed by atoms with Crippen molar-refractivity contribution >= 4 is 22.8 Å². The van der Waals surface area contributed by atoms with Gasteiger partial charge in [-0.15, -0.1) is 0 Å². The summed E-state index contributed by atoms with van der Waals surface area (Å²) in [5.41, 5.74) is 2.64. The third-order valence-corrected chi connectivity index (χ3v) is 4.01. The van der Waals surface area contributed by atoms with Gasteiger partial charge < -0.3 is 19.5 Å².